The highest BCUT2D eigenvalue weighted by Gasteiger charge is 2.55. The Labute approximate surface area is 163 Å². The zero-order chi connectivity index (χ0) is 19.8. The molecule has 4 atom stereocenters. The number of aliphatic hydroxyl groups is 1. The Hall–Kier alpha value is -2.51. The number of methoxy groups -OCH3 is 1. The second-order valence-corrected chi connectivity index (χ2v) is 7.48. The average Bonchev–Trinajstić information content (AvgIpc) is 3.24. The molecule has 7 heteroatoms. The molecule has 0 amide bonds. The van der Waals surface area contributed by atoms with Crippen molar-refractivity contribution >= 4 is 5.97 Å². The monoisotopic (exact) mass is 383 g/mol. The molecule has 1 saturated heterocycles. The summed E-state index contributed by atoms with van der Waals surface area (Å²) in [4.78, 5) is 31.8. The fourth-order valence-electron chi connectivity index (χ4n) is 4.96. The van der Waals surface area contributed by atoms with Gasteiger partial charge in [-0.15, -0.1) is 0 Å². The molecule has 2 aromatic rings. The maximum atomic E-state index is 13.2. The van der Waals surface area contributed by atoms with Gasteiger partial charge in [0.15, 0.2) is 0 Å². The van der Waals surface area contributed by atoms with Crippen molar-refractivity contribution in [1.29, 1.82) is 0 Å². The van der Waals surface area contributed by atoms with Crippen LogP contribution in [-0.2, 0) is 16.1 Å². The first kappa shape index (κ1) is 18.8. The number of carbonyl (C=O) groups excluding carboxylic acids is 1. The van der Waals surface area contributed by atoms with Gasteiger partial charge in [-0.25, -0.2) is 0 Å². The molecule has 1 N–H and O–H groups in total. The molecule has 0 unspecified atom stereocenters. The number of carbonyl (C=O) groups is 1. The molecule has 0 radical (unpaired) electrons. The molecule has 0 bridgehead atoms. The lowest BCUT2D eigenvalue weighted by Crippen LogP contribution is -2.43. The predicted molar refractivity (Wildman–Crippen MR) is 104 cm³/mol. The highest BCUT2D eigenvalue weighted by molar-refractivity contribution is 5.77. The molecule has 2 aliphatic rings. The smallest absolute Gasteiger partial charge is 0.323 e. The first-order chi connectivity index (χ1) is 13.6. The minimum atomic E-state index is -0.478. The lowest BCUT2D eigenvalue weighted by atomic mass is 9.88. The Bertz CT molecular complexity index is 927. The van der Waals surface area contributed by atoms with Crippen molar-refractivity contribution in [2.75, 3.05) is 20.3 Å². The maximum absolute atomic E-state index is 13.2. The number of aromatic nitrogens is 2. The van der Waals surface area contributed by atoms with Crippen LogP contribution in [0.15, 0.2) is 41.5 Å². The Morgan fingerprint density at radius 1 is 1.29 bits per heavy atom. The summed E-state index contributed by atoms with van der Waals surface area (Å²) in [6, 6.07) is 6.95. The number of rotatable bonds is 5. The van der Waals surface area contributed by atoms with Gasteiger partial charge in [-0.1, -0.05) is 6.92 Å². The van der Waals surface area contributed by atoms with E-state index in [1.165, 1.54) is 7.11 Å². The molecule has 0 aliphatic carbocycles. The third-order valence-electron chi connectivity index (χ3n) is 6.11. The quantitative estimate of drug-likeness (QED) is 0.787. The molecule has 2 aliphatic heterocycles. The van der Waals surface area contributed by atoms with Gasteiger partial charge in [0.2, 0.25) is 0 Å². The first-order valence-corrected chi connectivity index (χ1v) is 9.70. The van der Waals surface area contributed by atoms with E-state index in [9.17, 15) is 14.7 Å². The van der Waals surface area contributed by atoms with E-state index in [1.807, 2.05) is 28.8 Å². The SMILES string of the molecule is CCCN1[C@H](C(=O)OC)[C@@H](CO)[C@@H]2Cn3c(ccc(-c4ccncc4)c3=O)[C@@H]21. The molecule has 7 nitrogen and oxygen atoms in total. The van der Waals surface area contributed by atoms with E-state index in [0.717, 1.165) is 17.7 Å². The van der Waals surface area contributed by atoms with E-state index in [4.69, 9.17) is 4.74 Å². The van der Waals surface area contributed by atoms with Gasteiger partial charge < -0.3 is 14.4 Å². The molecular weight excluding hydrogens is 358 g/mol. The highest BCUT2D eigenvalue weighted by Crippen LogP contribution is 2.49. The minimum absolute atomic E-state index is 0.000963. The molecule has 0 spiro atoms. The lowest BCUT2D eigenvalue weighted by molar-refractivity contribution is -0.148. The third kappa shape index (κ3) is 2.77. The van der Waals surface area contributed by atoms with Crippen LogP contribution in [0.1, 0.15) is 25.1 Å². The number of aliphatic hydroxyl groups excluding tert-OH is 1. The van der Waals surface area contributed by atoms with Gasteiger partial charge in [-0.2, -0.15) is 0 Å². The molecule has 148 valence electrons. The van der Waals surface area contributed by atoms with Gasteiger partial charge in [0.1, 0.15) is 6.04 Å². The van der Waals surface area contributed by atoms with Crippen molar-refractivity contribution in [3.63, 3.8) is 0 Å². The average molecular weight is 383 g/mol. The maximum Gasteiger partial charge on any atom is 0.323 e. The van der Waals surface area contributed by atoms with Crippen molar-refractivity contribution in [2.24, 2.45) is 11.8 Å². The molecule has 4 rings (SSSR count). The second kappa shape index (κ2) is 7.48. The first-order valence-electron chi connectivity index (χ1n) is 9.70. The van der Waals surface area contributed by atoms with Gasteiger partial charge in [0, 0.05) is 48.6 Å². The van der Waals surface area contributed by atoms with Crippen LogP contribution in [0.4, 0.5) is 0 Å². The number of pyridine rings is 2. The largest absolute Gasteiger partial charge is 0.468 e. The van der Waals surface area contributed by atoms with Crippen LogP contribution in [0.2, 0.25) is 0 Å². The van der Waals surface area contributed by atoms with Crippen LogP contribution in [-0.4, -0.2) is 51.8 Å². The van der Waals surface area contributed by atoms with Crippen LogP contribution in [0.25, 0.3) is 11.1 Å². The number of likely N-dealkylation sites (tertiary alicyclic amines) is 1. The zero-order valence-corrected chi connectivity index (χ0v) is 16.1. The van der Waals surface area contributed by atoms with Gasteiger partial charge in [-0.05, 0) is 42.8 Å². The zero-order valence-electron chi connectivity index (χ0n) is 16.1. The number of hydrogen-bond acceptors (Lipinski definition) is 6. The predicted octanol–water partition coefficient (Wildman–Crippen LogP) is 1.46. The van der Waals surface area contributed by atoms with Gasteiger partial charge in [0.05, 0.1) is 13.2 Å². The minimum Gasteiger partial charge on any atom is -0.468 e. The van der Waals surface area contributed by atoms with Crippen molar-refractivity contribution in [3.8, 4) is 11.1 Å². The number of ether oxygens (including phenoxy) is 1. The summed E-state index contributed by atoms with van der Waals surface area (Å²) in [6.07, 6.45) is 4.22. The molecule has 28 heavy (non-hydrogen) atoms. The molecule has 4 heterocycles. The van der Waals surface area contributed by atoms with E-state index in [0.29, 0.717) is 18.7 Å². The molecule has 2 aromatic heterocycles. The summed E-state index contributed by atoms with van der Waals surface area (Å²) >= 11 is 0. The molecule has 0 saturated carbocycles. The van der Waals surface area contributed by atoms with E-state index in [2.05, 4.69) is 16.8 Å². The van der Waals surface area contributed by atoms with Gasteiger partial charge >= 0.3 is 5.97 Å². The Morgan fingerprint density at radius 3 is 2.68 bits per heavy atom. The summed E-state index contributed by atoms with van der Waals surface area (Å²) in [7, 11) is 1.38. The number of nitrogens with zero attached hydrogens (tertiary/aromatic N) is 3. The van der Waals surface area contributed by atoms with Crippen LogP contribution in [0.5, 0.6) is 0 Å². The fourth-order valence-corrected chi connectivity index (χ4v) is 4.96. The molecule has 1 fully saturated rings. The Morgan fingerprint density at radius 2 is 2.04 bits per heavy atom. The summed E-state index contributed by atoms with van der Waals surface area (Å²) in [5, 5.41) is 10.1. The number of esters is 1. The lowest BCUT2D eigenvalue weighted by Gasteiger charge is -2.29. The van der Waals surface area contributed by atoms with E-state index in [1.54, 1.807) is 12.4 Å². The van der Waals surface area contributed by atoms with Crippen LogP contribution >= 0.6 is 0 Å². The second-order valence-electron chi connectivity index (χ2n) is 7.48. The Balaban J connectivity index is 1.79. The topological polar surface area (TPSA) is 84.7 Å². The van der Waals surface area contributed by atoms with Crippen LogP contribution < -0.4 is 5.56 Å². The van der Waals surface area contributed by atoms with Gasteiger partial charge in [-0.3, -0.25) is 19.5 Å². The summed E-state index contributed by atoms with van der Waals surface area (Å²) in [5.41, 5.74) is 2.34. The Kier molecular flexibility index (Phi) is 5.03. The van der Waals surface area contributed by atoms with E-state index >= 15 is 0 Å². The summed E-state index contributed by atoms with van der Waals surface area (Å²) in [6.45, 7) is 3.15. The van der Waals surface area contributed by atoms with Crippen molar-refractivity contribution in [1.82, 2.24) is 14.5 Å². The fraction of sp³-hybridized carbons (Fsp3) is 0.476. The summed E-state index contributed by atoms with van der Waals surface area (Å²) < 4.78 is 6.84. The third-order valence-corrected chi connectivity index (χ3v) is 6.11. The van der Waals surface area contributed by atoms with Crippen LogP contribution in [0, 0.1) is 11.8 Å². The van der Waals surface area contributed by atoms with Crippen LogP contribution in [0.3, 0.4) is 0 Å². The van der Waals surface area contributed by atoms with Gasteiger partial charge in [0.25, 0.3) is 5.56 Å². The number of hydrogen-bond donors (Lipinski definition) is 1. The molecular formula is C21H25N3O4. The standard InChI is InChI=1S/C21H25N3O4/c1-3-10-23-18-15(16(12-25)19(23)21(27)28-2)11-24-17(18)5-4-14(20(24)26)13-6-8-22-9-7-13/h4-9,15-16,18-19,25H,3,10-12H2,1-2H3/t15-,16-,18+,19-/m0/s1. The highest BCUT2D eigenvalue weighted by atomic mass is 16.5. The van der Waals surface area contributed by atoms with Crippen molar-refractivity contribution in [2.45, 2.75) is 32.0 Å². The normalized spacial score (nSPS) is 26.1. The van der Waals surface area contributed by atoms with Crippen molar-refractivity contribution in [3.05, 3.63) is 52.7 Å². The molecule has 0 aromatic carbocycles. The van der Waals surface area contributed by atoms with E-state index in [-0.39, 0.29) is 36.0 Å². The van der Waals surface area contributed by atoms with Crippen molar-refractivity contribution < 1.29 is 14.6 Å². The number of fused-ring (bicyclic) bond motifs is 3. The van der Waals surface area contributed by atoms with E-state index < -0.39 is 6.04 Å². The summed E-state index contributed by atoms with van der Waals surface area (Å²) in [5.74, 6) is -0.571.